The van der Waals surface area contributed by atoms with Gasteiger partial charge in [0.2, 0.25) is 0 Å². The first kappa shape index (κ1) is 12.0. The number of ether oxygens (including phenoxy) is 1. The number of benzene rings is 2. The van der Waals surface area contributed by atoms with E-state index in [1.165, 1.54) is 30.3 Å². The zero-order valence-corrected chi connectivity index (χ0v) is 8.97. The predicted molar refractivity (Wildman–Crippen MR) is 59.5 cm³/mol. The first-order valence-corrected chi connectivity index (χ1v) is 4.93. The van der Waals surface area contributed by atoms with E-state index in [1.807, 2.05) is 0 Å². The first-order chi connectivity index (χ1) is 8.56. The Labute approximate surface area is 101 Å². The van der Waals surface area contributed by atoms with Crippen molar-refractivity contribution in [1.82, 2.24) is 0 Å². The maximum absolute atomic E-state index is 12.9. The molecule has 0 N–H and O–H groups in total. The Balaban J connectivity index is 2.18. The number of non-ortho nitro benzene ring substituents is 1. The van der Waals surface area contributed by atoms with Gasteiger partial charge in [0.15, 0.2) is 11.6 Å². The van der Waals surface area contributed by atoms with Gasteiger partial charge in [0, 0.05) is 18.2 Å². The van der Waals surface area contributed by atoms with Crippen LogP contribution in [0.2, 0.25) is 0 Å². The highest BCUT2D eigenvalue weighted by atomic mass is 19.2. The molecule has 0 aromatic heterocycles. The van der Waals surface area contributed by atoms with Gasteiger partial charge in [0.25, 0.3) is 5.69 Å². The minimum absolute atomic E-state index is 0.0763. The van der Waals surface area contributed by atoms with Gasteiger partial charge in [-0.3, -0.25) is 10.1 Å². The summed E-state index contributed by atoms with van der Waals surface area (Å²) < 4.78 is 30.8. The molecular weight excluding hydrogens is 244 g/mol. The molecule has 18 heavy (non-hydrogen) atoms. The first-order valence-electron chi connectivity index (χ1n) is 4.93. The summed E-state index contributed by atoms with van der Waals surface area (Å²) in [6, 6.07) is 8.37. The molecule has 2 aromatic carbocycles. The van der Waals surface area contributed by atoms with Crippen molar-refractivity contribution in [3.8, 4) is 11.5 Å². The van der Waals surface area contributed by atoms with Crippen LogP contribution in [0.5, 0.6) is 11.5 Å². The second kappa shape index (κ2) is 4.79. The van der Waals surface area contributed by atoms with Gasteiger partial charge in [-0.25, -0.2) is 8.78 Å². The lowest BCUT2D eigenvalue weighted by Crippen LogP contribution is -1.90. The predicted octanol–water partition coefficient (Wildman–Crippen LogP) is 3.67. The van der Waals surface area contributed by atoms with Crippen LogP contribution in [0.4, 0.5) is 14.5 Å². The lowest BCUT2D eigenvalue weighted by Gasteiger charge is -2.05. The van der Waals surface area contributed by atoms with Gasteiger partial charge >= 0.3 is 0 Å². The molecule has 0 spiro atoms. The summed E-state index contributed by atoms with van der Waals surface area (Å²) in [5.74, 6) is -1.57. The number of nitro benzene ring substituents is 1. The fraction of sp³-hybridized carbons (Fsp3) is 0. The zero-order chi connectivity index (χ0) is 13.1. The standard InChI is InChI=1S/C12H7F2NO3/c13-11-6-5-10(7-12(11)14)18-9-3-1-8(2-4-9)15(16)17/h1-7H. The zero-order valence-electron chi connectivity index (χ0n) is 8.97. The molecule has 0 fully saturated rings. The van der Waals surface area contributed by atoms with Gasteiger partial charge in [-0.1, -0.05) is 0 Å². The van der Waals surface area contributed by atoms with Crippen LogP contribution in [0.15, 0.2) is 42.5 Å². The second-order valence-corrected chi connectivity index (χ2v) is 3.43. The monoisotopic (exact) mass is 251 g/mol. The van der Waals surface area contributed by atoms with Crippen LogP contribution in [0.1, 0.15) is 0 Å². The summed E-state index contributed by atoms with van der Waals surface area (Å²) >= 11 is 0. The Kier molecular flexibility index (Phi) is 3.18. The summed E-state index contributed by atoms with van der Waals surface area (Å²) in [6.07, 6.45) is 0. The molecule has 0 atom stereocenters. The lowest BCUT2D eigenvalue weighted by atomic mass is 10.3. The minimum atomic E-state index is -1.02. The van der Waals surface area contributed by atoms with E-state index < -0.39 is 16.6 Å². The number of halogens is 2. The van der Waals surface area contributed by atoms with Crippen LogP contribution < -0.4 is 4.74 Å². The van der Waals surface area contributed by atoms with Crippen molar-refractivity contribution in [2.24, 2.45) is 0 Å². The SMILES string of the molecule is O=[N+]([O-])c1ccc(Oc2ccc(F)c(F)c2)cc1. The summed E-state index contributed by atoms with van der Waals surface area (Å²) in [5.41, 5.74) is -0.0763. The highest BCUT2D eigenvalue weighted by molar-refractivity contribution is 5.38. The molecule has 2 rings (SSSR count). The number of rotatable bonds is 3. The van der Waals surface area contributed by atoms with Crippen molar-refractivity contribution in [2.45, 2.75) is 0 Å². The maximum atomic E-state index is 12.9. The van der Waals surface area contributed by atoms with Crippen molar-refractivity contribution < 1.29 is 18.4 Å². The van der Waals surface area contributed by atoms with Crippen molar-refractivity contribution in [3.05, 3.63) is 64.2 Å². The van der Waals surface area contributed by atoms with Crippen LogP contribution >= 0.6 is 0 Å². The molecule has 0 amide bonds. The van der Waals surface area contributed by atoms with E-state index in [2.05, 4.69) is 0 Å². The molecule has 0 aliphatic heterocycles. The topological polar surface area (TPSA) is 52.4 Å². The number of nitro groups is 1. The third-order valence-electron chi connectivity index (χ3n) is 2.17. The van der Waals surface area contributed by atoms with Gasteiger partial charge in [-0.05, 0) is 24.3 Å². The third-order valence-corrected chi connectivity index (χ3v) is 2.17. The summed E-state index contributed by atoms with van der Waals surface area (Å²) in [5, 5.41) is 10.4. The molecule has 2 aromatic rings. The van der Waals surface area contributed by atoms with Gasteiger partial charge < -0.3 is 4.74 Å². The highest BCUT2D eigenvalue weighted by Gasteiger charge is 2.07. The largest absolute Gasteiger partial charge is 0.457 e. The van der Waals surface area contributed by atoms with Crippen LogP contribution in [-0.4, -0.2) is 4.92 Å². The Morgan fingerprint density at radius 3 is 2.11 bits per heavy atom. The quantitative estimate of drug-likeness (QED) is 0.617. The maximum Gasteiger partial charge on any atom is 0.269 e. The molecule has 0 aliphatic rings. The minimum Gasteiger partial charge on any atom is -0.457 e. The molecule has 0 bridgehead atoms. The van der Waals surface area contributed by atoms with E-state index in [1.54, 1.807) is 0 Å². The van der Waals surface area contributed by atoms with Gasteiger partial charge in [-0.15, -0.1) is 0 Å². The van der Waals surface area contributed by atoms with E-state index in [0.717, 1.165) is 12.1 Å². The molecular formula is C12H7F2NO3. The number of hydrogen-bond acceptors (Lipinski definition) is 3. The summed E-state index contributed by atoms with van der Waals surface area (Å²) in [6.45, 7) is 0. The van der Waals surface area contributed by atoms with E-state index in [9.17, 15) is 18.9 Å². The molecule has 6 heteroatoms. The van der Waals surface area contributed by atoms with Crippen molar-refractivity contribution in [1.29, 1.82) is 0 Å². The Morgan fingerprint density at radius 1 is 0.944 bits per heavy atom. The van der Waals surface area contributed by atoms with Crippen LogP contribution in [-0.2, 0) is 0 Å². The third kappa shape index (κ3) is 2.60. The lowest BCUT2D eigenvalue weighted by molar-refractivity contribution is -0.384. The van der Waals surface area contributed by atoms with E-state index >= 15 is 0 Å². The summed E-state index contributed by atoms with van der Waals surface area (Å²) in [7, 11) is 0. The molecule has 0 radical (unpaired) electrons. The van der Waals surface area contributed by atoms with Crippen LogP contribution in [0.25, 0.3) is 0 Å². The molecule has 92 valence electrons. The Bertz CT molecular complexity index is 584. The van der Waals surface area contributed by atoms with E-state index in [0.29, 0.717) is 5.75 Å². The van der Waals surface area contributed by atoms with Crippen LogP contribution in [0, 0.1) is 21.7 Å². The Morgan fingerprint density at radius 2 is 1.56 bits per heavy atom. The normalized spacial score (nSPS) is 10.1. The smallest absolute Gasteiger partial charge is 0.269 e. The fourth-order valence-electron chi connectivity index (χ4n) is 1.31. The molecule has 0 heterocycles. The molecule has 0 aliphatic carbocycles. The van der Waals surface area contributed by atoms with Crippen molar-refractivity contribution in [2.75, 3.05) is 0 Å². The molecule has 0 saturated carbocycles. The molecule has 4 nitrogen and oxygen atoms in total. The van der Waals surface area contributed by atoms with Gasteiger partial charge in [-0.2, -0.15) is 0 Å². The van der Waals surface area contributed by atoms with Gasteiger partial charge in [0.1, 0.15) is 11.5 Å². The van der Waals surface area contributed by atoms with Crippen molar-refractivity contribution in [3.63, 3.8) is 0 Å². The average molecular weight is 251 g/mol. The number of nitrogens with zero attached hydrogens (tertiary/aromatic N) is 1. The van der Waals surface area contributed by atoms with Gasteiger partial charge in [0.05, 0.1) is 4.92 Å². The van der Waals surface area contributed by atoms with E-state index in [4.69, 9.17) is 4.74 Å². The van der Waals surface area contributed by atoms with Crippen molar-refractivity contribution >= 4 is 5.69 Å². The van der Waals surface area contributed by atoms with E-state index in [-0.39, 0.29) is 11.4 Å². The molecule has 0 saturated heterocycles. The average Bonchev–Trinajstić information content (AvgIpc) is 2.34. The second-order valence-electron chi connectivity index (χ2n) is 3.43. The fourth-order valence-corrected chi connectivity index (χ4v) is 1.31. The Hall–Kier alpha value is -2.50. The molecule has 0 unspecified atom stereocenters. The number of hydrogen-bond donors (Lipinski definition) is 0. The highest BCUT2D eigenvalue weighted by Crippen LogP contribution is 2.24. The van der Waals surface area contributed by atoms with Crippen LogP contribution in [0.3, 0.4) is 0 Å². The summed E-state index contributed by atoms with van der Waals surface area (Å²) in [4.78, 5) is 9.89.